The minimum atomic E-state index is -1.34. The molecule has 0 spiro atoms. The van der Waals surface area contributed by atoms with Crippen molar-refractivity contribution >= 4 is 17.1 Å². The first-order chi connectivity index (χ1) is 18.9. The molecule has 40 heavy (non-hydrogen) atoms. The van der Waals surface area contributed by atoms with Crippen molar-refractivity contribution in [1.29, 1.82) is 0 Å². The van der Waals surface area contributed by atoms with E-state index in [1.54, 1.807) is 19.1 Å². The van der Waals surface area contributed by atoms with Gasteiger partial charge in [-0.1, -0.05) is 101 Å². The Morgan fingerprint density at radius 3 is 2.05 bits per heavy atom. The van der Waals surface area contributed by atoms with Gasteiger partial charge in [0.15, 0.2) is 0 Å². The van der Waals surface area contributed by atoms with Crippen LogP contribution in [-0.4, -0.2) is 12.6 Å². The van der Waals surface area contributed by atoms with Crippen molar-refractivity contribution < 1.29 is 48.6 Å². The third-order valence-corrected chi connectivity index (χ3v) is 6.86. The minimum absolute atomic E-state index is 0. The van der Waals surface area contributed by atoms with Crippen molar-refractivity contribution in [1.82, 2.24) is 0 Å². The van der Waals surface area contributed by atoms with Crippen LogP contribution < -0.4 is 39.4 Å². The Morgan fingerprint density at radius 1 is 0.850 bits per heavy atom. The van der Waals surface area contributed by atoms with Gasteiger partial charge in [0.1, 0.15) is 11.6 Å². The first-order valence-corrected chi connectivity index (χ1v) is 14.2. The molecule has 0 fully saturated rings. The summed E-state index contributed by atoms with van der Waals surface area (Å²) in [6.07, 6.45) is 13.1. The molecule has 206 valence electrons. The van der Waals surface area contributed by atoms with E-state index in [4.69, 9.17) is 4.74 Å². The predicted octanol–water partition coefficient (Wildman–Crippen LogP) is 5.56. The number of hydrogen-bond acceptors (Lipinski definition) is 3. The molecule has 0 bridgehead atoms. The number of carboxylic acids is 1. The Kier molecular flexibility index (Phi) is 15.0. The number of allylic oxidation sites excluding steroid dienone is 3. The van der Waals surface area contributed by atoms with E-state index in [0.717, 1.165) is 47.5 Å². The number of carboxylic acid groups (broad SMARTS) is 1. The summed E-state index contributed by atoms with van der Waals surface area (Å²) in [6, 6.07) is 20.2. The Balaban J connectivity index is 0.00000560. The summed E-state index contributed by atoms with van der Waals surface area (Å²) in [5.74, 6) is -0.943. The molecule has 5 heteroatoms. The molecule has 0 aliphatic heterocycles. The number of carbonyl (C=O) groups is 1. The van der Waals surface area contributed by atoms with Crippen molar-refractivity contribution in [2.24, 2.45) is 0 Å². The zero-order valence-corrected chi connectivity index (χ0v) is 26.5. The summed E-state index contributed by atoms with van der Waals surface area (Å²) in [5.41, 5.74) is 4.72. The predicted molar refractivity (Wildman–Crippen MR) is 158 cm³/mol. The maximum atomic E-state index is 13.9. The molecule has 0 aliphatic rings. The Bertz CT molecular complexity index is 1260. The van der Waals surface area contributed by atoms with E-state index in [9.17, 15) is 14.3 Å². The summed E-state index contributed by atoms with van der Waals surface area (Å²) < 4.78 is 19.8. The molecular weight excluding hydrogens is 510 g/mol. The maximum absolute atomic E-state index is 13.9. The van der Waals surface area contributed by atoms with Gasteiger partial charge in [-0.3, -0.25) is 0 Å². The molecule has 0 aliphatic carbocycles. The van der Waals surface area contributed by atoms with Crippen LogP contribution in [0, 0.1) is 12.7 Å². The Morgan fingerprint density at radius 2 is 1.45 bits per heavy atom. The summed E-state index contributed by atoms with van der Waals surface area (Å²) in [6.45, 7) is 6.73. The standard InChI is InChI=1S/C35H41FO3.Na/c1-4-6-7-8-9-10-11-23-39-32-21-18-28(19-22-32)27-14-16-29(17-15-27)30(12-5-2)24-34(35(37)38)33-25-31(36)20-13-26(33)3;/h12-22,24-25H,4-11,23H2,1-3H3,(H,37,38);/q;+1/p-1/b30-12-,34-24+;. The number of carbonyl (C=O) groups excluding carboxylic acids is 1. The fraction of sp³-hybridized carbons (Fsp3) is 0.343. The van der Waals surface area contributed by atoms with Gasteiger partial charge in [-0.25, -0.2) is 4.39 Å². The largest absolute Gasteiger partial charge is 1.00 e. The van der Waals surface area contributed by atoms with Gasteiger partial charge in [0.2, 0.25) is 0 Å². The molecule has 0 saturated carbocycles. The number of aryl methyl sites for hydroxylation is 1. The van der Waals surface area contributed by atoms with E-state index < -0.39 is 11.8 Å². The number of halogens is 1. The van der Waals surface area contributed by atoms with Gasteiger partial charge in [0.05, 0.1) is 12.6 Å². The zero-order chi connectivity index (χ0) is 28.0. The molecule has 0 saturated heterocycles. The number of rotatable bonds is 15. The quantitative estimate of drug-likeness (QED) is 0.108. The van der Waals surface area contributed by atoms with Crippen molar-refractivity contribution in [3.8, 4) is 16.9 Å². The number of hydrogen-bond donors (Lipinski definition) is 0. The van der Waals surface area contributed by atoms with Crippen LogP contribution in [0.3, 0.4) is 0 Å². The number of unbranched alkanes of at least 4 members (excludes halogenated alkanes) is 6. The van der Waals surface area contributed by atoms with Crippen LogP contribution in [0.25, 0.3) is 22.3 Å². The van der Waals surface area contributed by atoms with Crippen LogP contribution in [0.1, 0.15) is 81.9 Å². The van der Waals surface area contributed by atoms with Crippen molar-refractivity contribution in [2.45, 2.75) is 72.1 Å². The smallest absolute Gasteiger partial charge is 0.545 e. The second kappa shape index (κ2) is 17.9. The van der Waals surface area contributed by atoms with Gasteiger partial charge in [0.25, 0.3) is 0 Å². The van der Waals surface area contributed by atoms with Gasteiger partial charge < -0.3 is 14.6 Å². The molecule has 3 aromatic carbocycles. The average molecular weight is 551 g/mol. The SMILES string of the molecule is CC/C=C(/C=C(/C(=O)[O-])c1cc(F)ccc1C)c1ccc(-c2ccc(OCCCCCCCCC)cc2)cc1.[Na+]. The fourth-order valence-electron chi connectivity index (χ4n) is 4.61. The van der Waals surface area contributed by atoms with Gasteiger partial charge in [-0.15, -0.1) is 0 Å². The number of ether oxygens (including phenoxy) is 1. The Labute approximate surface area is 261 Å². The van der Waals surface area contributed by atoms with Gasteiger partial charge in [-0.05, 0) is 83.5 Å². The van der Waals surface area contributed by atoms with Crippen LogP contribution in [0.4, 0.5) is 4.39 Å². The molecule has 3 nitrogen and oxygen atoms in total. The van der Waals surface area contributed by atoms with Crippen molar-refractivity contribution in [3.63, 3.8) is 0 Å². The molecule has 0 atom stereocenters. The summed E-state index contributed by atoms with van der Waals surface area (Å²) in [4.78, 5) is 12.0. The van der Waals surface area contributed by atoms with Crippen LogP contribution >= 0.6 is 0 Å². The maximum Gasteiger partial charge on any atom is 1.00 e. The van der Waals surface area contributed by atoms with E-state index in [1.165, 1.54) is 50.7 Å². The number of benzene rings is 3. The molecule has 0 aromatic heterocycles. The third-order valence-electron chi connectivity index (χ3n) is 6.86. The molecule has 0 N–H and O–H groups in total. The van der Waals surface area contributed by atoms with Crippen molar-refractivity contribution in [3.05, 3.63) is 101 Å². The molecular formula is C35H40FNaO3. The van der Waals surface area contributed by atoms with E-state index in [-0.39, 0.29) is 35.1 Å². The van der Waals surface area contributed by atoms with Crippen molar-refractivity contribution in [2.75, 3.05) is 6.61 Å². The third kappa shape index (κ3) is 10.4. The van der Waals surface area contributed by atoms with E-state index in [2.05, 4.69) is 19.1 Å². The van der Waals surface area contributed by atoms with E-state index >= 15 is 0 Å². The molecule has 0 unspecified atom stereocenters. The zero-order valence-electron chi connectivity index (χ0n) is 24.5. The summed E-state index contributed by atoms with van der Waals surface area (Å²) in [5, 5.41) is 12.0. The molecule has 0 amide bonds. The molecule has 0 heterocycles. The topological polar surface area (TPSA) is 49.4 Å². The second-order valence-electron chi connectivity index (χ2n) is 9.94. The monoisotopic (exact) mass is 550 g/mol. The van der Waals surface area contributed by atoms with Gasteiger partial charge in [-0.2, -0.15) is 0 Å². The summed E-state index contributed by atoms with van der Waals surface area (Å²) >= 11 is 0. The van der Waals surface area contributed by atoms with Gasteiger partial charge >= 0.3 is 29.6 Å². The second-order valence-corrected chi connectivity index (χ2v) is 9.94. The first-order valence-electron chi connectivity index (χ1n) is 14.2. The normalized spacial score (nSPS) is 11.7. The van der Waals surface area contributed by atoms with Gasteiger partial charge in [0, 0.05) is 5.57 Å². The van der Waals surface area contributed by atoms with E-state index in [1.807, 2.05) is 49.4 Å². The molecule has 3 rings (SSSR count). The van der Waals surface area contributed by atoms with Crippen LogP contribution in [-0.2, 0) is 4.79 Å². The van der Waals surface area contributed by atoms with Crippen LogP contribution in [0.5, 0.6) is 5.75 Å². The number of aliphatic carboxylic acids is 1. The first kappa shape index (κ1) is 33.5. The summed E-state index contributed by atoms with van der Waals surface area (Å²) in [7, 11) is 0. The van der Waals surface area contributed by atoms with E-state index in [0.29, 0.717) is 11.1 Å². The van der Waals surface area contributed by atoms with Crippen LogP contribution in [0.2, 0.25) is 0 Å². The average Bonchev–Trinajstić information content (AvgIpc) is 2.94. The molecule has 3 aromatic rings. The molecule has 0 radical (unpaired) electrons. The van der Waals surface area contributed by atoms with Crippen LogP contribution in [0.15, 0.2) is 78.9 Å². The fourth-order valence-corrected chi connectivity index (χ4v) is 4.61. The Hall–Kier alpha value is -2.66. The minimum Gasteiger partial charge on any atom is -0.545 e.